The van der Waals surface area contributed by atoms with Gasteiger partial charge in [-0.05, 0) is 23.3 Å². The summed E-state index contributed by atoms with van der Waals surface area (Å²) >= 11 is 7.49. The lowest BCUT2D eigenvalue weighted by molar-refractivity contribution is -0.384. The number of fused-ring (bicyclic) bond motifs is 1. The Labute approximate surface area is 177 Å². The van der Waals surface area contributed by atoms with Crippen LogP contribution < -0.4 is 0 Å². The zero-order valence-corrected chi connectivity index (χ0v) is 17.7. The molecule has 29 heavy (non-hydrogen) atoms. The number of sulfone groups is 1. The molecule has 2 aromatic rings. The largest absolute Gasteiger partial charge is 0.341 e. The number of benzene rings is 2. The van der Waals surface area contributed by atoms with Gasteiger partial charge in [0.25, 0.3) is 5.69 Å². The van der Waals surface area contributed by atoms with Gasteiger partial charge in [-0.15, -0.1) is 0 Å². The molecule has 0 amide bonds. The van der Waals surface area contributed by atoms with Crippen LogP contribution in [0.15, 0.2) is 53.5 Å². The minimum Gasteiger partial charge on any atom is -0.341 e. The smallest absolute Gasteiger partial charge is 0.269 e. The number of thioether (sulfide) groups is 1. The standard InChI is InChI=1S/C19H18ClN3O4S2/c20-15-5-1-13(2-6-15)9-22-18-12-29(26,27)11-17(18)21-19(22)28-10-14-3-7-16(8-4-14)23(24)25/h1-8,17-18H,9-12H2/t17-,18-/m1/s1. The van der Waals surface area contributed by atoms with Crippen LogP contribution in [0.4, 0.5) is 5.69 Å². The number of rotatable bonds is 5. The van der Waals surface area contributed by atoms with Crippen LogP contribution in [-0.4, -0.2) is 47.0 Å². The first-order valence-electron chi connectivity index (χ1n) is 8.96. The van der Waals surface area contributed by atoms with Crippen LogP contribution >= 0.6 is 23.4 Å². The third kappa shape index (κ3) is 4.57. The first-order chi connectivity index (χ1) is 13.8. The lowest BCUT2D eigenvalue weighted by Gasteiger charge is -2.26. The highest BCUT2D eigenvalue weighted by Gasteiger charge is 2.46. The predicted molar refractivity (Wildman–Crippen MR) is 115 cm³/mol. The molecule has 0 aromatic heterocycles. The summed E-state index contributed by atoms with van der Waals surface area (Å²) < 4.78 is 24.2. The second-order valence-electron chi connectivity index (χ2n) is 7.09. The number of nitrogens with zero attached hydrogens (tertiary/aromatic N) is 3. The van der Waals surface area contributed by atoms with Crippen LogP contribution in [-0.2, 0) is 22.1 Å². The molecule has 2 aromatic carbocycles. The maximum absolute atomic E-state index is 12.1. The summed E-state index contributed by atoms with van der Waals surface area (Å²) in [5.74, 6) is 0.785. The summed E-state index contributed by atoms with van der Waals surface area (Å²) in [6.45, 7) is 0.556. The summed E-state index contributed by atoms with van der Waals surface area (Å²) in [5, 5.41) is 12.3. The molecule has 2 aliphatic heterocycles. The van der Waals surface area contributed by atoms with Crippen molar-refractivity contribution in [1.29, 1.82) is 0 Å². The third-order valence-electron chi connectivity index (χ3n) is 5.00. The number of nitro groups is 1. The highest BCUT2D eigenvalue weighted by atomic mass is 35.5. The molecule has 2 atom stereocenters. The van der Waals surface area contributed by atoms with Crippen LogP contribution in [0.25, 0.3) is 0 Å². The van der Waals surface area contributed by atoms with E-state index >= 15 is 0 Å². The van der Waals surface area contributed by atoms with Gasteiger partial charge in [0.2, 0.25) is 0 Å². The predicted octanol–water partition coefficient (Wildman–Crippen LogP) is 3.52. The number of hydrogen-bond acceptors (Lipinski definition) is 7. The van der Waals surface area contributed by atoms with E-state index in [0.717, 1.165) is 16.3 Å². The Morgan fingerprint density at radius 1 is 1.10 bits per heavy atom. The van der Waals surface area contributed by atoms with Crippen LogP contribution in [0.5, 0.6) is 0 Å². The Balaban J connectivity index is 1.51. The third-order valence-corrected chi connectivity index (χ3v) is 8.02. The summed E-state index contributed by atoms with van der Waals surface area (Å²) in [4.78, 5) is 17.1. The Hall–Kier alpha value is -2.10. The van der Waals surface area contributed by atoms with Crippen molar-refractivity contribution in [2.24, 2.45) is 4.99 Å². The van der Waals surface area contributed by atoms with Crippen molar-refractivity contribution in [3.63, 3.8) is 0 Å². The second kappa shape index (κ2) is 7.97. The van der Waals surface area contributed by atoms with Crippen molar-refractivity contribution < 1.29 is 13.3 Å². The molecule has 0 bridgehead atoms. The average molecular weight is 452 g/mol. The molecule has 0 unspecified atom stereocenters. The van der Waals surface area contributed by atoms with E-state index in [0.29, 0.717) is 17.3 Å². The average Bonchev–Trinajstić information content (AvgIpc) is 3.14. The molecule has 0 spiro atoms. The van der Waals surface area contributed by atoms with Gasteiger partial charge in [-0.2, -0.15) is 0 Å². The number of aliphatic imine (C=N–C) groups is 1. The van der Waals surface area contributed by atoms with Gasteiger partial charge < -0.3 is 4.90 Å². The molecular weight excluding hydrogens is 434 g/mol. The molecule has 0 radical (unpaired) electrons. The highest BCUT2D eigenvalue weighted by molar-refractivity contribution is 8.13. The topological polar surface area (TPSA) is 92.9 Å². The van der Waals surface area contributed by atoms with E-state index in [9.17, 15) is 18.5 Å². The molecule has 0 saturated carbocycles. The van der Waals surface area contributed by atoms with Crippen LogP contribution in [0, 0.1) is 10.1 Å². The maximum atomic E-state index is 12.1. The Morgan fingerprint density at radius 2 is 1.76 bits per heavy atom. The molecule has 7 nitrogen and oxygen atoms in total. The molecule has 1 fully saturated rings. The number of nitro benzene ring substituents is 1. The van der Waals surface area contributed by atoms with Gasteiger partial charge >= 0.3 is 0 Å². The summed E-state index contributed by atoms with van der Waals surface area (Å²) in [6, 6.07) is 13.5. The zero-order valence-electron chi connectivity index (χ0n) is 15.3. The monoisotopic (exact) mass is 451 g/mol. The Bertz CT molecular complexity index is 1060. The van der Waals surface area contributed by atoms with Crippen molar-refractivity contribution >= 4 is 44.1 Å². The second-order valence-corrected chi connectivity index (χ2v) is 10.6. The molecule has 1 saturated heterocycles. The van der Waals surface area contributed by atoms with Crippen molar-refractivity contribution in [2.75, 3.05) is 11.5 Å². The van der Waals surface area contributed by atoms with Crippen LogP contribution in [0.2, 0.25) is 5.02 Å². The molecule has 4 rings (SSSR count). The summed E-state index contributed by atoms with van der Waals surface area (Å²) in [6.07, 6.45) is 0. The van der Waals surface area contributed by atoms with Gasteiger partial charge in [0.1, 0.15) is 0 Å². The normalized spacial score (nSPS) is 22.4. The molecule has 152 valence electrons. The fourth-order valence-corrected chi connectivity index (χ4v) is 6.61. The fourth-order valence-electron chi connectivity index (χ4n) is 3.54. The summed E-state index contributed by atoms with van der Waals surface area (Å²) in [5.41, 5.74) is 2.03. The first-order valence-corrected chi connectivity index (χ1v) is 12.1. The number of hydrogen-bond donors (Lipinski definition) is 0. The van der Waals surface area contributed by atoms with Crippen molar-refractivity contribution in [3.8, 4) is 0 Å². The fraction of sp³-hybridized carbons (Fsp3) is 0.316. The van der Waals surface area contributed by atoms with Gasteiger partial charge in [-0.25, -0.2) is 8.42 Å². The van der Waals surface area contributed by atoms with E-state index in [4.69, 9.17) is 16.6 Å². The molecular formula is C19H18ClN3O4S2. The van der Waals surface area contributed by atoms with Crippen molar-refractivity contribution in [2.45, 2.75) is 24.4 Å². The quantitative estimate of drug-likeness (QED) is 0.510. The molecule has 0 N–H and O–H groups in total. The lowest BCUT2D eigenvalue weighted by Crippen LogP contribution is -2.38. The number of non-ortho nitro benzene ring substituents is 1. The first kappa shape index (κ1) is 20.2. The highest BCUT2D eigenvalue weighted by Crippen LogP contribution is 2.33. The van der Waals surface area contributed by atoms with E-state index in [1.54, 1.807) is 12.1 Å². The summed E-state index contributed by atoms with van der Waals surface area (Å²) in [7, 11) is -3.08. The zero-order chi connectivity index (χ0) is 20.6. The Morgan fingerprint density at radius 3 is 2.41 bits per heavy atom. The maximum Gasteiger partial charge on any atom is 0.269 e. The number of amidine groups is 1. The van der Waals surface area contributed by atoms with E-state index < -0.39 is 14.8 Å². The minimum absolute atomic E-state index is 0.0565. The molecule has 0 aliphatic carbocycles. The molecule has 10 heteroatoms. The van der Waals surface area contributed by atoms with E-state index in [-0.39, 0.29) is 29.3 Å². The van der Waals surface area contributed by atoms with Crippen LogP contribution in [0.1, 0.15) is 11.1 Å². The van der Waals surface area contributed by atoms with Gasteiger partial charge in [0, 0.05) is 29.5 Å². The van der Waals surface area contributed by atoms with Crippen molar-refractivity contribution in [3.05, 3.63) is 74.8 Å². The lowest BCUT2D eigenvalue weighted by atomic mass is 10.1. The minimum atomic E-state index is -3.08. The van der Waals surface area contributed by atoms with E-state index in [1.807, 2.05) is 24.3 Å². The van der Waals surface area contributed by atoms with Gasteiger partial charge in [0.15, 0.2) is 15.0 Å². The van der Waals surface area contributed by atoms with Crippen LogP contribution in [0.3, 0.4) is 0 Å². The molecule has 2 heterocycles. The van der Waals surface area contributed by atoms with Gasteiger partial charge in [-0.1, -0.05) is 47.6 Å². The number of halogens is 1. The van der Waals surface area contributed by atoms with E-state index in [1.165, 1.54) is 23.9 Å². The molecule has 2 aliphatic rings. The van der Waals surface area contributed by atoms with Crippen molar-refractivity contribution in [1.82, 2.24) is 4.90 Å². The van der Waals surface area contributed by atoms with Gasteiger partial charge in [-0.3, -0.25) is 15.1 Å². The SMILES string of the molecule is O=[N+]([O-])c1ccc(CSC2=N[C@@H]3CS(=O)(=O)C[C@H]3N2Cc2ccc(Cl)cc2)cc1. The van der Waals surface area contributed by atoms with Gasteiger partial charge in [0.05, 0.1) is 28.5 Å². The Kier molecular flexibility index (Phi) is 5.54. The van der Waals surface area contributed by atoms with E-state index in [2.05, 4.69) is 4.90 Å².